The zero-order chi connectivity index (χ0) is 35.1. The highest BCUT2D eigenvalue weighted by molar-refractivity contribution is 7.85. The summed E-state index contributed by atoms with van der Waals surface area (Å²) in [4.78, 5) is 57.5. The van der Waals surface area contributed by atoms with Gasteiger partial charge in [0.2, 0.25) is 17.8 Å². The summed E-state index contributed by atoms with van der Waals surface area (Å²) in [7, 11) is -4.31. The molecule has 22 heteroatoms. The second kappa shape index (κ2) is 15.1. The fraction of sp³-hybridized carbons (Fsp3) is 0.240. The molecule has 0 aliphatic carbocycles. The zero-order valence-electron chi connectivity index (χ0n) is 23.9. The van der Waals surface area contributed by atoms with Gasteiger partial charge in [-0.05, 0) is 37.6 Å². The van der Waals surface area contributed by atoms with Gasteiger partial charge in [0.05, 0.1) is 45.8 Å². The molecule has 0 saturated heterocycles. The van der Waals surface area contributed by atoms with Crippen molar-refractivity contribution in [3.63, 3.8) is 0 Å². The fourth-order valence-electron chi connectivity index (χ4n) is 3.60. The molecule has 0 aliphatic rings. The van der Waals surface area contributed by atoms with Crippen LogP contribution >= 0.6 is 11.6 Å². The number of carboxylic acid groups (broad SMARTS) is 4. The molecule has 0 bridgehead atoms. The number of rotatable bonds is 16. The predicted octanol–water partition coefficient (Wildman–Crippen LogP) is 2.91. The quantitative estimate of drug-likeness (QED) is 0.0606. The van der Waals surface area contributed by atoms with Crippen LogP contribution in [0.3, 0.4) is 0 Å². The third-order valence-corrected chi connectivity index (χ3v) is 6.98. The number of hydrogen-bond acceptors (Lipinski definition) is 15. The van der Waals surface area contributed by atoms with E-state index in [4.69, 9.17) is 26.6 Å². The normalized spacial score (nSPS) is 12.7. The van der Waals surface area contributed by atoms with Gasteiger partial charge in [-0.15, -0.1) is 5.11 Å². The lowest BCUT2D eigenvalue weighted by Crippen LogP contribution is -2.40. The molecule has 2 aromatic carbocycles. The summed E-state index contributed by atoms with van der Waals surface area (Å²) < 4.78 is 36.9. The number of hydrogen-bond donors (Lipinski definition) is 8. The number of nitrogens with zero attached hydrogens (tertiary/aromatic N) is 5. The molecule has 20 nitrogen and oxygen atoms in total. The number of anilines is 4. The molecule has 3 rings (SSSR count). The molecule has 250 valence electrons. The van der Waals surface area contributed by atoms with Crippen molar-refractivity contribution < 1.29 is 57.3 Å². The van der Waals surface area contributed by atoms with Gasteiger partial charge in [0.1, 0.15) is 17.5 Å². The highest BCUT2D eigenvalue weighted by atomic mass is 35.5. The van der Waals surface area contributed by atoms with Crippen molar-refractivity contribution in [1.29, 1.82) is 0 Å². The van der Waals surface area contributed by atoms with Crippen LogP contribution in [0.25, 0.3) is 0 Å². The lowest BCUT2D eigenvalue weighted by molar-refractivity contribution is -0.148. The molecule has 0 radical (unpaired) electrons. The fourth-order valence-corrected chi connectivity index (χ4v) is 4.29. The molecule has 1 heterocycles. The average Bonchev–Trinajstić information content (AvgIpc) is 2.96. The van der Waals surface area contributed by atoms with E-state index in [1.807, 2.05) is 0 Å². The first-order chi connectivity index (χ1) is 21.9. The minimum Gasteiger partial charge on any atom is -0.491 e. The van der Waals surface area contributed by atoms with Gasteiger partial charge in [0.25, 0.3) is 10.1 Å². The molecule has 2 atom stereocenters. The Morgan fingerprint density at radius 3 is 2.11 bits per heavy atom. The van der Waals surface area contributed by atoms with Crippen molar-refractivity contribution in [1.82, 2.24) is 15.0 Å². The lowest BCUT2D eigenvalue weighted by atomic mass is 10.0. The van der Waals surface area contributed by atoms with Crippen LogP contribution in [0.4, 0.5) is 34.9 Å². The van der Waals surface area contributed by atoms with E-state index in [9.17, 15) is 48.0 Å². The van der Waals surface area contributed by atoms with E-state index in [0.29, 0.717) is 0 Å². The number of azo groups is 1. The summed E-state index contributed by atoms with van der Waals surface area (Å²) in [6.07, 6.45) is -0.164. The van der Waals surface area contributed by atoms with Gasteiger partial charge in [-0.1, -0.05) is 11.6 Å². The molecule has 2 unspecified atom stereocenters. The van der Waals surface area contributed by atoms with E-state index in [1.54, 1.807) is 0 Å². The van der Waals surface area contributed by atoms with Crippen LogP contribution in [0.5, 0.6) is 5.75 Å². The first kappa shape index (κ1) is 35.8. The number of nitrogens with two attached hydrogens (primary N) is 1. The highest BCUT2D eigenvalue weighted by Crippen LogP contribution is 2.38. The molecule has 47 heavy (non-hydrogen) atoms. The average molecular weight is 697 g/mol. The number of carbonyl (C=O) groups is 4. The van der Waals surface area contributed by atoms with Gasteiger partial charge in [-0.25, -0.2) is 14.4 Å². The number of aromatic nitrogens is 3. The third kappa shape index (κ3) is 10.4. The Morgan fingerprint density at radius 1 is 0.936 bits per heavy atom. The molecule has 9 N–H and O–H groups in total. The Labute approximate surface area is 269 Å². The van der Waals surface area contributed by atoms with Gasteiger partial charge >= 0.3 is 23.9 Å². The van der Waals surface area contributed by atoms with Gasteiger partial charge < -0.3 is 41.5 Å². The van der Waals surface area contributed by atoms with Gasteiger partial charge in [0, 0.05) is 6.07 Å². The van der Waals surface area contributed by atoms with Crippen LogP contribution in [-0.2, 0) is 19.7 Å². The summed E-state index contributed by atoms with van der Waals surface area (Å²) >= 11 is 6.39. The largest absolute Gasteiger partial charge is 0.491 e. The van der Waals surface area contributed by atoms with Crippen LogP contribution in [0, 0.1) is 5.92 Å². The Kier molecular flexibility index (Phi) is 11.5. The second-order valence-corrected chi connectivity index (χ2v) is 11.4. The number of aromatic carboxylic acids is 2. The Balaban J connectivity index is 2.00. The number of carboxylic acids is 4. The van der Waals surface area contributed by atoms with Crippen LogP contribution in [0.15, 0.2) is 40.6 Å². The summed E-state index contributed by atoms with van der Waals surface area (Å²) in [6, 6.07) is 3.86. The lowest BCUT2D eigenvalue weighted by Gasteiger charge is -2.19. The van der Waals surface area contributed by atoms with E-state index in [0.717, 1.165) is 25.1 Å². The number of aliphatic carboxylic acids is 2. The molecule has 0 amide bonds. The molecule has 0 saturated carbocycles. The van der Waals surface area contributed by atoms with E-state index in [1.165, 1.54) is 12.1 Å². The van der Waals surface area contributed by atoms with E-state index < -0.39 is 63.6 Å². The maximum Gasteiger partial charge on any atom is 0.335 e. The zero-order valence-corrected chi connectivity index (χ0v) is 25.4. The maximum absolute atomic E-state index is 11.7. The van der Waals surface area contributed by atoms with Crippen LogP contribution in [-0.4, -0.2) is 90.6 Å². The molecule has 3 aromatic rings. The summed E-state index contributed by atoms with van der Waals surface area (Å²) in [5.41, 5.74) is 4.80. The topological polar surface area (TPSA) is 326 Å². The van der Waals surface area contributed by atoms with Gasteiger partial charge in [-0.3, -0.25) is 9.35 Å². The van der Waals surface area contributed by atoms with Gasteiger partial charge in [-0.2, -0.15) is 28.5 Å². The van der Waals surface area contributed by atoms with Crippen LogP contribution < -0.4 is 21.1 Å². The second-order valence-electron chi connectivity index (χ2n) is 9.42. The van der Waals surface area contributed by atoms with Crippen molar-refractivity contribution in [2.75, 3.05) is 28.7 Å². The molecule has 1 aromatic heterocycles. The molecular formula is C25H25ClN8O12S. The number of ether oxygens (including phenoxy) is 1. The van der Waals surface area contributed by atoms with Crippen molar-refractivity contribution in [3.8, 4) is 5.75 Å². The number of halogens is 1. The minimum absolute atomic E-state index is 0.0204. The first-order valence-electron chi connectivity index (χ1n) is 12.9. The monoisotopic (exact) mass is 696 g/mol. The third-order valence-electron chi connectivity index (χ3n) is 5.88. The maximum atomic E-state index is 11.7. The highest BCUT2D eigenvalue weighted by Gasteiger charge is 2.31. The summed E-state index contributed by atoms with van der Waals surface area (Å²) in [5.74, 6) is -8.98. The van der Waals surface area contributed by atoms with Gasteiger partial charge in [0.15, 0.2) is 0 Å². The molecule has 0 aliphatic heterocycles. The van der Waals surface area contributed by atoms with Crippen LogP contribution in [0.2, 0.25) is 5.02 Å². The van der Waals surface area contributed by atoms with Crippen LogP contribution in [0.1, 0.15) is 34.1 Å². The molecule has 0 fully saturated rings. The summed E-state index contributed by atoms with van der Waals surface area (Å²) in [5, 5.41) is 50.1. The van der Waals surface area contributed by atoms with E-state index >= 15 is 0 Å². The Hall–Kier alpha value is -5.67. The SMILES string of the molecule is CC(C(=O)O)C(Nc1nc(N)nc(Nc2cc(Cl)c(N=Nc3cc(C(=O)O)cc(C(=O)O)c3)cc2OCCCS(=O)(=O)O)n1)C(=O)O. The minimum atomic E-state index is -4.31. The van der Waals surface area contributed by atoms with Crippen molar-refractivity contribution in [2.45, 2.75) is 19.4 Å². The van der Waals surface area contributed by atoms with Crippen molar-refractivity contribution in [3.05, 3.63) is 46.5 Å². The Bertz CT molecular complexity index is 1830. The first-order valence-corrected chi connectivity index (χ1v) is 14.9. The van der Waals surface area contributed by atoms with E-state index in [2.05, 4.69) is 35.8 Å². The van der Waals surface area contributed by atoms with E-state index in [-0.39, 0.29) is 57.9 Å². The molecular weight excluding hydrogens is 672 g/mol. The summed E-state index contributed by atoms with van der Waals surface area (Å²) in [6.45, 7) is 0.882. The van der Waals surface area contributed by atoms with Crippen molar-refractivity contribution in [2.24, 2.45) is 16.1 Å². The number of nitrogen functional groups attached to an aromatic ring is 1. The van der Waals surface area contributed by atoms with Crippen molar-refractivity contribution >= 4 is 80.5 Å². The standard InChI is InChI=1S/C25H25ClN8O12S/c1-10(19(35)36)18(22(41)42)29-25-31-23(27)30-24(32-25)28-16-8-14(26)15(9-17(16)46-3-2-4-47(43,44)45)34-33-13-6-11(20(37)38)5-12(7-13)21(39)40/h5-10,18H,2-4H2,1H3,(H,35,36)(H,37,38)(H,39,40)(H,41,42)(H,43,44,45)(H4,27,28,29,30,31,32). The number of benzene rings is 2. The number of nitrogens with one attached hydrogen (secondary N) is 2. The predicted molar refractivity (Wildman–Crippen MR) is 162 cm³/mol. The smallest absolute Gasteiger partial charge is 0.335 e. The Morgan fingerprint density at radius 2 is 1.55 bits per heavy atom. The molecule has 0 spiro atoms.